The van der Waals surface area contributed by atoms with Crippen LogP contribution in [0.4, 0.5) is 13.2 Å². The number of aromatic nitrogens is 2. The summed E-state index contributed by atoms with van der Waals surface area (Å²) >= 11 is 0. The van der Waals surface area contributed by atoms with Gasteiger partial charge in [0.1, 0.15) is 5.82 Å². The summed E-state index contributed by atoms with van der Waals surface area (Å²) in [5, 5.41) is 0. The predicted octanol–water partition coefficient (Wildman–Crippen LogP) is 2.70. The van der Waals surface area contributed by atoms with Gasteiger partial charge in [-0.1, -0.05) is 0 Å². The molecule has 0 aliphatic carbocycles. The summed E-state index contributed by atoms with van der Waals surface area (Å²) in [5.41, 5.74) is -0.756. The highest BCUT2D eigenvalue weighted by atomic mass is 19.4. The van der Waals surface area contributed by atoms with Crippen LogP contribution in [0.3, 0.4) is 0 Å². The first-order chi connectivity index (χ1) is 8.04. The summed E-state index contributed by atoms with van der Waals surface area (Å²) in [6.45, 7) is 0. The highest BCUT2D eigenvalue weighted by Gasteiger charge is 2.34. The van der Waals surface area contributed by atoms with E-state index in [1.807, 2.05) is 0 Å². The minimum atomic E-state index is -4.51. The van der Waals surface area contributed by atoms with E-state index in [4.69, 9.17) is 0 Å². The van der Waals surface area contributed by atoms with E-state index in [9.17, 15) is 18.0 Å². The molecular weight excluding hydrogens is 233 g/mol. The Morgan fingerprint density at radius 3 is 2.65 bits per heavy atom. The van der Waals surface area contributed by atoms with Gasteiger partial charge in [-0.3, -0.25) is 9.36 Å². The van der Waals surface area contributed by atoms with Crippen LogP contribution in [0.25, 0.3) is 5.82 Å². The molecule has 6 heteroatoms. The van der Waals surface area contributed by atoms with Gasteiger partial charge in [-0.25, -0.2) is 4.98 Å². The van der Waals surface area contributed by atoms with Gasteiger partial charge in [-0.2, -0.15) is 13.2 Å². The number of carbonyl (C=O) groups is 1. The monoisotopic (exact) mass is 240 g/mol. The third kappa shape index (κ3) is 2.06. The van der Waals surface area contributed by atoms with Crippen LogP contribution < -0.4 is 0 Å². The molecule has 88 valence electrons. The average molecular weight is 240 g/mol. The van der Waals surface area contributed by atoms with Gasteiger partial charge in [0, 0.05) is 12.4 Å². The van der Waals surface area contributed by atoms with Gasteiger partial charge in [-0.15, -0.1) is 0 Å². The van der Waals surface area contributed by atoms with Crippen LogP contribution in [0, 0.1) is 0 Å². The summed E-state index contributed by atoms with van der Waals surface area (Å²) < 4.78 is 39.3. The molecule has 0 amide bonds. The molecule has 0 saturated carbocycles. The number of carbonyl (C=O) groups excluding carboxylic acids is 1. The second kappa shape index (κ2) is 4.04. The van der Waals surface area contributed by atoms with E-state index < -0.39 is 11.7 Å². The molecule has 0 unspecified atom stereocenters. The van der Waals surface area contributed by atoms with Gasteiger partial charge in [-0.05, 0) is 24.3 Å². The average Bonchev–Trinajstić information content (AvgIpc) is 2.75. The van der Waals surface area contributed by atoms with Gasteiger partial charge in [0.2, 0.25) is 0 Å². The molecule has 0 aliphatic rings. The maximum atomic E-state index is 12.7. The van der Waals surface area contributed by atoms with Gasteiger partial charge in [0.05, 0.1) is 11.3 Å². The Balaban J connectivity index is 2.64. The van der Waals surface area contributed by atoms with Crippen LogP contribution >= 0.6 is 0 Å². The number of alkyl halides is 3. The third-order valence-electron chi connectivity index (χ3n) is 2.22. The molecular formula is C11H7F3N2O. The molecule has 0 aliphatic heterocycles. The van der Waals surface area contributed by atoms with Crippen molar-refractivity contribution in [3.8, 4) is 5.82 Å². The van der Waals surface area contributed by atoms with Crippen LogP contribution in [0.1, 0.15) is 16.1 Å². The van der Waals surface area contributed by atoms with E-state index in [1.54, 1.807) is 0 Å². The highest BCUT2D eigenvalue weighted by Crippen LogP contribution is 2.32. The van der Waals surface area contributed by atoms with Crippen LogP contribution in [0.5, 0.6) is 0 Å². The second-order valence-electron chi connectivity index (χ2n) is 3.29. The normalized spacial score (nSPS) is 11.5. The summed E-state index contributed by atoms with van der Waals surface area (Å²) in [5.74, 6) is -0.299. The fourth-order valence-corrected chi connectivity index (χ4v) is 1.49. The summed E-state index contributed by atoms with van der Waals surface area (Å²) in [7, 11) is 0. The fraction of sp³-hybridized carbons (Fsp3) is 0.0909. The van der Waals surface area contributed by atoms with Gasteiger partial charge < -0.3 is 0 Å². The second-order valence-corrected chi connectivity index (χ2v) is 3.29. The Morgan fingerprint density at radius 2 is 2.00 bits per heavy atom. The predicted molar refractivity (Wildman–Crippen MR) is 54.0 cm³/mol. The quantitative estimate of drug-likeness (QED) is 0.756. The zero-order valence-electron chi connectivity index (χ0n) is 8.48. The Kier molecular flexibility index (Phi) is 2.71. The maximum absolute atomic E-state index is 12.7. The molecule has 0 radical (unpaired) electrons. The van der Waals surface area contributed by atoms with Crippen molar-refractivity contribution in [3.63, 3.8) is 0 Å². The van der Waals surface area contributed by atoms with E-state index in [0.29, 0.717) is 6.29 Å². The Hall–Kier alpha value is -2.11. The standard InChI is InChI=1S/C11H7F3N2O/c12-11(13,14)9-4-1-5-15-10(9)16-6-2-3-8(16)7-17/h1-7H. The Labute approximate surface area is 94.5 Å². The molecule has 17 heavy (non-hydrogen) atoms. The number of halogens is 3. The van der Waals surface area contributed by atoms with Gasteiger partial charge >= 0.3 is 6.18 Å². The number of nitrogens with zero attached hydrogens (tertiary/aromatic N) is 2. The minimum absolute atomic E-state index is 0.120. The topological polar surface area (TPSA) is 34.9 Å². The molecule has 0 bridgehead atoms. The van der Waals surface area contributed by atoms with E-state index in [-0.39, 0.29) is 11.5 Å². The third-order valence-corrected chi connectivity index (χ3v) is 2.22. The minimum Gasteiger partial charge on any atom is -0.298 e. The number of aldehydes is 1. The van der Waals surface area contributed by atoms with Gasteiger partial charge in [0.15, 0.2) is 6.29 Å². The largest absolute Gasteiger partial charge is 0.419 e. The number of rotatable bonds is 2. The lowest BCUT2D eigenvalue weighted by atomic mass is 10.2. The summed E-state index contributed by atoms with van der Waals surface area (Å²) in [6, 6.07) is 5.04. The Bertz CT molecular complexity index is 546. The molecule has 0 atom stereocenters. The van der Waals surface area contributed by atoms with E-state index in [1.165, 1.54) is 30.6 Å². The zero-order chi connectivity index (χ0) is 12.5. The number of hydrogen-bond acceptors (Lipinski definition) is 2. The smallest absolute Gasteiger partial charge is 0.298 e. The highest BCUT2D eigenvalue weighted by molar-refractivity contribution is 5.73. The van der Waals surface area contributed by atoms with Crippen LogP contribution in [0.15, 0.2) is 36.7 Å². The van der Waals surface area contributed by atoms with Crippen LogP contribution in [-0.2, 0) is 6.18 Å². The molecule has 2 aromatic rings. The van der Waals surface area contributed by atoms with Gasteiger partial charge in [0.25, 0.3) is 0 Å². The van der Waals surface area contributed by atoms with Crippen molar-refractivity contribution in [2.24, 2.45) is 0 Å². The molecule has 2 aromatic heterocycles. The molecule has 0 aromatic carbocycles. The maximum Gasteiger partial charge on any atom is 0.419 e. The summed E-state index contributed by atoms with van der Waals surface area (Å²) in [4.78, 5) is 14.4. The van der Waals surface area contributed by atoms with E-state index in [0.717, 1.165) is 10.6 Å². The van der Waals surface area contributed by atoms with Crippen molar-refractivity contribution in [3.05, 3.63) is 47.9 Å². The van der Waals surface area contributed by atoms with E-state index in [2.05, 4.69) is 4.98 Å². The first-order valence-corrected chi connectivity index (χ1v) is 4.69. The first-order valence-electron chi connectivity index (χ1n) is 4.69. The van der Waals surface area contributed by atoms with Crippen molar-refractivity contribution in [2.75, 3.05) is 0 Å². The fourth-order valence-electron chi connectivity index (χ4n) is 1.49. The lowest BCUT2D eigenvalue weighted by molar-refractivity contribution is -0.137. The molecule has 2 heterocycles. The van der Waals surface area contributed by atoms with Crippen molar-refractivity contribution in [1.29, 1.82) is 0 Å². The number of hydrogen-bond donors (Lipinski definition) is 0. The molecule has 0 N–H and O–H groups in total. The van der Waals surface area contributed by atoms with Crippen molar-refractivity contribution in [1.82, 2.24) is 9.55 Å². The molecule has 0 fully saturated rings. The molecule has 0 spiro atoms. The molecule has 2 rings (SSSR count). The van der Waals surface area contributed by atoms with Crippen LogP contribution in [0.2, 0.25) is 0 Å². The van der Waals surface area contributed by atoms with E-state index >= 15 is 0 Å². The lowest BCUT2D eigenvalue weighted by Gasteiger charge is -2.12. The Morgan fingerprint density at radius 1 is 1.24 bits per heavy atom. The SMILES string of the molecule is O=Cc1cccn1-c1ncccc1C(F)(F)F. The van der Waals surface area contributed by atoms with Crippen molar-refractivity contribution < 1.29 is 18.0 Å². The first kappa shape index (κ1) is 11.4. The molecule has 0 saturated heterocycles. The van der Waals surface area contributed by atoms with Crippen molar-refractivity contribution in [2.45, 2.75) is 6.18 Å². The van der Waals surface area contributed by atoms with Crippen LogP contribution in [-0.4, -0.2) is 15.8 Å². The zero-order valence-corrected chi connectivity index (χ0v) is 8.48. The van der Waals surface area contributed by atoms with Crippen molar-refractivity contribution >= 4 is 6.29 Å². The lowest BCUT2D eigenvalue weighted by Crippen LogP contribution is -2.13. The molecule has 3 nitrogen and oxygen atoms in total. The summed E-state index contributed by atoms with van der Waals surface area (Å²) in [6.07, 6.45) is -1.41. The number of pyridine rings is 1.